The van der Waals surface area contributed by atoms with Crippen LogP contribution >= 0.6 is 0 Å². The summed E-state index contributed by atoms with van der Waals surface area (Å²) in [6.45, 7) is 2.68. The van der Waals surface area contributed by atoms with Gasteiger partial charge >= 0.3 is 5.97 Å². The maximum Gasteiger partial charge on any atom is 0.310 e. The van der Waals surface area contributed by atoms with E-state index in [1.165, 1.54) is 0 Å². The van der Waals surface area contributed by atoms with Gasteiger partial charge in [-0.2, -0.15) is 0 Å². The third-order valence-electron chi connectivity index (χ3n) is 4.71. The van der Waals surface area contributed by atoms with Crippen LogP contribution in [0.3, 0.4) is 0 Å². The number of rotatable bonds is 9. The van der Waals surface area contributed by atoms with Gasteiger partial charge in [-0.05, 0) is 45.1 Å². The van der Waals surface area contributed by atoms with E-state index in [9.17, 15) is 14.7 Å². The number of carboxylic acid groups (broad SMARTS) is 1. The Morgan fingerprint density at radius 1 is 1.41 bits per heavy atom. The number of carbonyl (C=O) groups is 2. The molecule has 1 saturated carbocycles. The van der Waals surface area contributed by atoms with Gasteiger partial charge in [-0.15, -0.1) is 0 Å². The van der Waals surface area contributed by atoms with Crippen molar-refractivity contribution in [3.05, 3.63) is 0 Å². The van der Waals surface area contributed by atoms with Gasteiger partial charge in [0, 0.05) is 39.3 Å². The van der Waals surface area contributed by atoms with Crippen molar-refractivity contribution in [2.45, 2.75) is 51.0 Å². The van der Waals surface area contributed by atoms with Gasteiger partial charge in [0.25, 0.3) is 0 Å². The predicted molar refractivity (Wildman–Crippen MR) is 82.6 cm³/mol. The number of aliphatic carboxylic acids is 1. The first-order valence-corrected chi connectivity index (χ1v) is 8.30. The summed E-state index contributed by atoms with van der Waals surface area (Å²) in [6, 6.07) is 0.390. The van der Waals surface area contributed by atoms with Crippen LogP contribution in [0.15, 0.2) is 0 Å². The molecule has 0 aromatic rings. The lowest BCUT2D eigenvalue weighted by molar-refractivity contribution is -0.153. The summed E-state index contributed by atoms with van der Waals surface area (Å²) in [5, 5.41) is 12.6. The fraction of sp³-hybridized carbons (Fsp3) is 0.875. The topological polar surface area (TPSA) is 78.9 Å². The number of carboxylic acids is 1. The molecule has 0 radical (unpaired) electrons. The van der Waals surface area contributed by atoms with E-state index < -0.39 is 11.4 Å². The lowest BCUT2D eigenvalue weighted by Gasteiger charge is -2.40. The van der Waals surface area contributed by atoms with Crippen LogP contribution in [0.25, 0.3) is 0 Å². The highest BCUT2D eigenvalue weighted by Crippen LogP contribution is 2.35. The summed E-state index contributed by atoms with van der Waals surface area (Å²) in [4.78, 5) is 25.7. The molecule has 6 heteroatoms. The van der Waals surface area contributed by atoms with Crippen LogP contribution in [0.5, 0.6) is 0 Å². The summed E-state index contributed by atoms with van der Waals surface area (Å²) in [5.41, 5.74) is -0.677. The molecule has 2 N–H and O–H groups in total. The first kappa shape index (κ1) is 17.2. The molecular weight excluding hydrogens is 284 g/mol. The molecular formula is C16H28N2O4. The van der Waals surface area contributed by atoms with Crippen LogP contribution in [0.1, 0.15) is 44.9 Å². The smallest absolute Gasteiger partial charge is 0.310 e. The van der Waals surface area contributed by atoms with Crippen molar-refractivity contribution in [2.24, 2.45) is 5.41 Å². The molecule has 126 valence electrons. The molecule has 0 aromatic heterocycles. The van der Waals surface area contributed by atoms with Crippen LogP contribution in [-0.2, 0) is 14.3 Å². The van der Waals surface area contributed by atoms with E-state index in [2.05, 4.69) is 10.2 Å². The Hall–Kier alpha value is -1.14. The second kappa shape index (κ2) is 7.92. The first-order chi connectivity index (χ1) is 10.6. The monoisotopic (exact) mass is 312 g/mol. The highest BCUT2D eigenvalue weighted by Gasteiger charge is 2.41. The van der Waals surface area contributed by atoms with Gasteiger partial charge in [-0.1, -0.05) is 0 Å². The van der Waals surface area contributed by atoms with E-state index in [4.69, 9.17) is 4.74 Å². The maximum atomic E-state index is 11.8. The van der Waals surface area contributed by atoms with Gasteiger partial charge in [-0.3, -0.25) is 9.59 Å². The quantitative estimate of drug-likeness (QED) is 0.626. The molecule has 1 heterocycles. The molecule has 22 heavy (non-hydrogen) atoms. The van der Waals surface area contributed by atoms with Crippen molar-refractivity contribution in [3.63, 3.8) is 0 Å². The normalized spacial score (nSPS) is 25.9. The number of carbonyl (C=O) groups excluding carboxylic acids is 1. The number of likely N-dealkylation sites (tertiary alicyclic amines) is 1. The lowest BCUT2D eigenvalue weighted by Crippen LogP contribution is -2.48. The molecule has 1 aliphatic carbocycles. The molecule has 2 rings (SSSR count). The Morgan fingerprint density at radius 2 is 2.18 bits per heavy atom. The third-order valence-corrected chi connectivity index (χ3v) is 4.71. The van der Waals surface area contributed by atoms with Crippen molar-refractivity contribution in [1.82, 2.24) is 10.2 Å². The zero-order valence-corrected chi connectivity index (χ0v) is 13.5. The lowest BCUT2D eigenvalue weighted by atomic mass is 9.76. The van der Waals surface area contributed by atoms with Crippen LogP contribution in [-0.4, -0.2) is 61.3 Å². The first-order valence-electron chi connectivity index (χ1n) is 8.30. The fourth-order valence-electron chi connectivity index (χ4n) is 3.25. The molecule has 6 nitrogen and oxygen atoms in total. The standard InChI is InChI=1S/C16H28N2O4/c1-22-11-3-8-16(15(20)21)7-2-9-18(12-16)10-6-14(19)17-13-4-5-13/h13H,2-12H2,1H3,(H,17,19)(H,20,21)/t16-/m1/s1. The number of ether oxygens (including phenoxy) is 1. The van der Waals surface area contributed by atoms with Gasteiger partial charge in [-0.25, -0.2) is 0 Å². The zero-order chi connectivity index (χ0) is 16.0. The van der Waals surface area contributed by atoms with E-state index in [-0.39, 0.29) is 5.91 Å². The minimum absolute atomic E-state index is 0.0911. The van der Waals surface area contributed by atoms with Crippen molar-refractivity contribution < 1.29 is 19.4 Å². The molecule has 1 amide bonds. The summed E-state index contributed by atoms with van der Waals surface area (Å²) < 4.78 is 5.05. The maximum absolute atomic E-state index is 11.8. The molecule has 0 spiro atoms. The third kappa shape index (κ3) is 4.95. The predicted octanol–water partition coefficient (Wildman–Crippen LogP) is 1.25. The van der Waals surface area contributed by atoms with Gasteiger partial charge in [0.2, 0.25) is 5.91 Å². The van der Waals surface area contributed by atoms with Gasteiger partial charge < -0.3 is 20.1 Å². The Morgan fingerprint density at radius 3 is 2.82 bits per heavy atom. The molecule has 2 fully saturated rings. The molecule has 1 aliphatic heterocycles. The molecule has 0 bridgehead atoms. The van der Waals surface area contributed by atoms with Gasteiger partial charge in [0.05, 0.1) is 5.41 Å². The number of piperidine rings is 1. The molecule has 0 aromatic carbocycles. The average molecular weight is 312 g/mol. The highest BCUT2D eigenvalue weighted by molar-refractivity contribution is 5.77. The molecule has 1 atom stereocenters. The Kier molecular flexibility index (Phi) is 6.20. The van der Waals surface area contributed by atoms with E-state index in [1.54, 1.807) is 7.11 Å². The van der Waals surface area contributed by atoms with Crippen LogP contribution in [0, 0.1) is 5.41 Å². The van der Waals surface area contributed by atoms with Gasteiger partial charge in [0.15, 0.2) is 0 Å². The van der Waals surface area contributed by atoms with E-state index in [0.717, 1.165) is 38.6 Å². The summed E-state index contributed by atoms with van der Waals surface area (Å²) >= 11 is 0. The minimum Gasteiger partial charge on any atom is -0.481 e. The summed E-state index contributed by atoms with van der Waals surface area (Å²) in [6.07, 6.45) is 5.65. The van der Waals surface area contributed by atoms with Crippen molar-refractivity contribution >= 4 is 11.9 Å². The Labute approximate surface area is 132 Å². The zero-order valence-electron chi connectivity index (χ0n) is 13.5. The van der Waals surface area contributed by atoms with E-state index in [0.29, 0.717) is 38.6 Å². The number of methoxy groups -OCH3 is 1. The molecule has 1 saturated heterocycles. The number of nitrogens with one attached hydrogen (secondary N) is 1. The Bertz CT molecular complexity index is 398. The van der Waals surface area contributed by atoms with Crippen molar-refractivity contribution in [1.29, 1.82) is 0 Å². The number of hydrogen-bond acceptors (Lipinski definition) is 4. The largest absolute Gasteiger partial charge is 0.481 e. The summed E-state index contributed by atoms with van der Waals surface area (Å²) in [7, 11) is 1.64. The second-order valence-corrected chi connectivity index (χ2v) is 6.65. The highest BCUT2D eigenvalue weighted by atomic mass is 16.5. The molecule has 2 aliphatic rings. The number of nitrogens with zero attached hydrogens (tertiary/aromatic N) is 1. The van der Waals surface area contributed by atoms with Crippen molar-refractivity contribution in [2.75, 3.05) is 33.4 Å². The van der Waals surface area contributed by atoms with E-state index in [1.807, 2.05) is 0 Å². The van der Waals surface area contributed by atoms with Crippen LogP contribution in [0.2, 0.25) is 0 Å². The van der Waals surface area contributed by atoms with E-state index >= 15 is 0 Å². The summed E-state index contributed by atoms with van der Waals surface area (Å²) in [5.74, 6) is -0.621. The molecule has 0 unspecified atom stereocenters. The number of amides is 1. The number of hydrogen-bond donors (Lipinski definition) is 2. The van der Waals surface area contributed by atoms with Crippen molar-refractivity contribution in [3.8, 4) is 0 Å². The fourth-order valence-corrected chi connectivity index (χ4v) is 3.25. The average Bonchev–Trinajstić information content (AvgIpc) is 3.29. The van der Waals surface area contributed by atoms with Crippen LogP contribution < -0.4 is 5.32 Å². The second-order valence-electron chi connectivity index (χ2n) is 6.65. The SMILES string of the molecule is COCCC[C@]1(C(=O)O)CCCN(CCC(=O)NC2CC2)C1. The van der Waals surface area contributed by atoms with Gasteiger partial charge in [0.1, 0.15) is 0 Å². The van der Waals surface area contributed by atoms with Crippen LogP contribution in [0.4, 0.5) is 0 Å². The Balaban J connectivity index is 1.81. The minimum atomic E-state index is -0.712.